The van der Waals surface area contributed by atoms with Gasteiger partial charge in [-0.3, -0.25) is 13.9 Å². The van der Waals surface area contributed by atoms with E-state index in [9.17, 15) is 18.0 Å². The summed E-state index contributed by atoms with van der Waals surface area (Å²) in [5, 5.41) is 0. The maximum absolute atomic E-state index is 12.7. The Morgan fingerprint density at radius 2 is 1.37 bits per heavy atom. The smallest absolute Gasteiger partial charge is 0.346 e. The van der Waals surface area contributed by atoms with Gasteiger partial charge in [-0.2, -0.15) is 8.42 Å². The summed E-state index contributed by atoms with van der Waals surface area (Å²) >= 11 is 0. The molecule has 7 nitrogen and oxygen atoms in total. The van der Waals surface area contributed by atoms with E-state index < -0.39 is 26.3 Å². The Morgan fingerprint density at radius 1 is 0.815 bits per heavy atom. The van der Waals surface area contributed by atoms with E-state index in [1.165, 1.54) is 33.2 Å². The van der Waals surface area contributed by atoms with Crippen LogP contribution in [0.5, 0.6) is 5.75 Å². The molecular formula is C19H18N2O5S. The van der Waals surface area contributed by atoms with Crippen LogP contribution in [0.2, 0.25) is 0 Å². The molecule has 0 aliphatic rings. The lowest BCUT2D eigenvalue weighted by Gasteiger charge is -2.13. The van der Waals surface area contributed by atoms with Crippen LogP contribution in [0.4, 0.5) is 0 Å². The van der Waals surface area contributed by atoms with Crippen molar-refractivity contribution in [2.75, 3.05) is 0 Å². The number of aromatic nitrogens is 2. The number of hydrogen-bond donors (Lipinski definition) is 0. The van der Waals surface area contributed by atoms with Crippen molar-refractivity contribution in [2.45, 2.75) is 11.8 Å². The molecule has 0 aliphatic carbocycles. The molecular weight excluding hydrogens is 368 g/mol. The van der Waals surface area contributed by atoms with Crippen LogP contribution in [0.15, 0.2) is 69.1 Å². The highest BCUT2D eigenvalue weighted by Crippen LogP contribution is 2.24. The van der Waals surface area contributed by atoms with E-state index in [4.69, 9.17) is 4.18 Å². The molecule has 0 saturated carbocycles. The Hall–Kier alpha value is -3.13. The number of nitrogens with zero attached hydrogens (tertiary/aromatic N) is 2. The summed E-state index contributed by atoms with van der Waals surface area (Å²) in [6.07, 6.45) is 0. The Balaban J connectivity index is 1.99. The molecule has 27 heavy (non-hydrogen) atoms. The van der Waals surface area contributed by atoms with Gasteiger partial charge in [0.15, 0.2) is 4.90 Å². The van der Waals surface area contributed by atoms with Gasteiger partial charge in [0.2, 0.25) is 0 Å². The summed E-state index contributed by atoms with van der Waals surface area (Å²) in [7, 11) is -1.79. The highest BCUT2D eigenvalue weighted by Gasteiger charge is 2.27. The van der Waals surface area contributed by atoms with E-state index >= 15 is 0 Å². The third kappa shape index (κ3) is 3.43. The molecule has 1 aromatic heterocycles. The first-order valence-electron chi connectivity index (χ1n) is 8.09. The van der Waals surface area contributed by atoms with Crippen molar-refractivity contribution in [1.82, 2.24) is 9.13 Å². The van der Waals surface area contributed by atoms with Crippen molar-refractivity contribution < 1.29 is 12.6 Å². The standard InChI is InChI=1S/C19H18N2O5S/c1-13-17(18(22)21(3)19(23)20(13)2)27(24,25)26-16-11-9-15(10-12-16)14-7-5-4-6-8-14/h4-12H,1-3H3. The summed E-state index contributed by atoms with van der Waals surface area (Å²) in [6, 6.07) is 16.1. The molecule has 0 N–H and O–H groups in total. The van der Waals surface area contributed by atoms with Gasteiger partial charge in [-0.05, 0) is 30.2 Å². The average molecular weight is 386 g/mol. The molecule has 1 heterocycles. The minimum Gasteiger partial charge on any atom is -0.379 e. The molecule has 8 heteroatoms. The first-order valence-corrected chi connectivity index (χ1v) is 9.50. The molecule has 3 rings (SSSR count). The van der Waals surface area contributed by atoms with Crippen LogP contribution >= 0.6 is 0 Å². The zero-order valence-corrected chi connectivity index (χ0v) is 15.9. The van der Waals surface area contributed by atoms with Crippen molar-refractivity contribution >= 4 is 10.1 Å². The Bertz CT molecular complexity index is 1210. The minimum atomic E-state index is -4.41. The summed E-state index contributed by atoms with van der Waals surface area (Å²) < 4.78 is 32.3. The number of benzene rings is 2. The lowest BCUT2D eigenvalue weighted by molar-refractivity contribution is 0.478. The SMILES string of the molecule is Cc1c(S(=O)(=O)Oc2ccc(-c3ccccc3)cc2)c(=O)n(C)c(=O)n1C. The second-order valence-corrected chi connectivity index (χ2v) is 7.53. The first kappa shape index (κ1) is 18.7. The third-order valence-electron chi connectivity index (χ3n) is 4.32. The molecule has 2 aromatic carbocycles. The van der Waals surface area contributed by atoms with Crippen LogP contribution in [-0.4, -0.2) is 17.6 Å². The molecule has 0 atom stereocenters. The fourth-order valence-electron chi connectivity index (χ4n) is 2.70. The zero-order valence-electron chi connectivity index (χ0n) is 15.0. The molecule has 0 spiro atoms. The summed E-state index contributed by atoms with van der Waals surface area (Å²) in [6.45, 7) is 1.39. The summed E-state index contributed by atoms with van der Waals surface area (Å²) in [5.41, 5.74) is 0.369. The van der Waals surface area contributed by atoms with Gasteiger partial charge in [0.1, 0.15) is 5.75 Å². The summed E-state index contributed by atoms with van der Waals surface area (Å²) in [5.74, 6) is 0.0741. The molecule has 0 aliphatic heterocycles. The van der Waals surface area contributed by atoms with Crippen molar-refractivity contribution in [2.24, 2.45) is 14.1 Å². The van der Waals surface area contributed by atoms with Crippen molar-refractivity contribution in [3.8, 4) is 16.9 Å². The predicted molar refractivity (Wildman–Crippen MR) is 101 cm³/mol. The fourth-order valence-corrected chi connectivity index (χ4v) is 4.00. The Morgan fingerprint density at radius 3 is 1.96 bits per heavy atom. The predicted octanol–water partition coefficient (Wildman–Crippen LogP) is 1.83. The van der Waals surface area contributed by atoms with Gasteiger partial charge < -0.3 is 4.18 Å². The van der Waals surface area contributed by atoms with Gasteiger partial charge in [0, 0.05) is 19.8 Å². The number of hydrogen-bond acceptors (Lipinski definition) is 5. The van der Waals surface area contributed by atoms with Crippen LogP contribution in [0, 0.1) is 6.92 Å². The van der Waals surface area contributed by atoms with Gasteiger partial charge in [-0.1, -0.05) is 42.5 Å². The van der Waals surface area contributed by atoms with E-state index in [-0.39, 0.29) is 11.4 Å². The van der Waals surface area contributed by atoms with Gasteiger partial charge in [0.05, 0.1) is 0 Å². The lowest BCUT2D eigenvalue weighted by Crippen LogP contribution is -2.41. The molecule has 3 aromatic rings. The lowest BCUT2D eigenvalue weighted by atomic mass is 10.1. The monoisotopic (exact) mass is 386 g/mol. The van der Waals surface area contributed by atoms with Gasteiger partial charge in [-0.15, -0.1) is 0 Å². The second-order valence-electron chi connectivity index (χ2n) is 6.05. The summed E-state index contributed by atoms with van der Waals surface area (Å²) in [4.78, 5) is 23.7. The van der Waals surface area contributed by atoms with Crippen molar-refractivity contribution in [3.63, 3.8) is 0 Å². The second kappa shape index (κ2) is 6.88. The van der Waals surface area contributed by atoms with Crippen LogP contribution in [-0.2, 0) is 24.2 Å². The topological polar surface area (TPSA) is 87.4 Å². The first-order chi connectivity index (χ1) is 12.7. The van der Waals surface area contributed by atoms with Crippen LogP contribution in [0.25, 0.3) is 11.1 Å². The molecule has 140 valence electrons. The van der Waals surface area contributed by atoms with Crippen molar-refractivity contribution in [3.05, 3.63) is 81.1 Å². The van der Waals surface area contributed by atoms with Crippen LogP contribution in [0.1, 0.15) is 5.69 Å². The fraction of sp³-hybridized carbons (Fsp3) is 0.158. The van der Waals surface area contributed by atoms with Crippen LogP contribution < -0.4 is 15.4 Å². The zero-order chi connectivity index (χ0) is 19.8. The highest BCUT2D eigenvalue weighted by molar-refractivity contribution is 7.87. The van der Waals surface area contributed by atoms with Crippen LogP contribution in [0.3, 0.4) is 0 Å². The van der Waals surface area contributed by atoms with E-state index in [2.05, 4.69) is 0 Å². The largest absolute Gasteiger partial charge is 0.379 e. The molecule has 0 radical (unpaired) electrons. The Kier molecular flexibility index (Phi) is 4.75. The van der Waals surface area contributed by atoms with Gasteiger partial charge >= 0.3 is 15.8 Å². The highest BCUT2D eigenvalue weighted by atomic mass is 32.2. The van der Waals surface area contributed by atoms with E-state index in [0.717, 1.165) is 20.3 Å². The molecule has 0 saturated heterocycles. The quantitative estimate of drug-likeness (QED) is 0.639. The van der Waals surface area contributed by atoms with Crippen molar-refractivity contribution in [1.29, 1.82) is 0 Å². The molecule has 0 amide bonds. The molecule has 0 bridgehead atoms. The molecule has 0 fully saturated rings. The Labute approximate surface area is 156 Å². The van der Waals surface area contributed by atoms with Gasteiger partial charge in [0.25, 0.3) is 5.56 Å². The van der Waals surface area contributed by atoms with E-state index in [1.807, 2.05) is 30.3 Å². The normalized spacial score (nSPS) is 11.4. The van der Waals surface area contributed by atoms with E-state index in [1.54, 1.807) is 12.1 Å². The average Bonchev–Trinajstić information content (AvgIpc) is 2.65. The maximum Gasteiger partial charge on any atom is 0.346 e. The molecule has 0 unspecified atom stereocenters. The van der Waals surface area contributed by atoms with E-state index in [0.29, 0.717) is 0 Å². The minimum absolute atomic E-state index is 0.0176. The third-order valence-corrected chi connectivity index (χ3v) is 5.70. The van der Waals surface area contributed by atoms with Gasteiger partial charge in [-0.25, -0.2) is 4.79 Å². The number of rotatable bonds is 4. The maximum atomic E-state index is 12.7.